The van der Waals surface area contributed by atoms with Crippen LogP contribution in [0, 0.1) is 11.6 Å². The molecule has 0 N–H and O–H groups in total. The zero-order valence-corrected chi connectivity index (χ0v) is 10.2. The van der Waals surface area contributed by atoms with Gasteiger partial charge in [0.15, 0.2) is 11.6 Å². The monoisotopic (exact) mass is 274 g/mol. The van der Waals surface area contributed by atoms with Crippen LogP contribution < -0.4 is 0 Å². The van der Waals surface area contributed by atoms with Crippen molar-refractivity contribution in [2.24, 2.45) is 0 Å². The zero-order valence-electron chi connectivity index (χ0n) is 8.56. The Morgan fingerprint density at radius 3 is 2.73 bits per heavy atom. The van der Waals surface area contributed by atoms with Crippen molar-refractivity contribution >= 4 is 15.9 Å². The molecule has 0 saturated heterocycles. The summed E-state index contributed by atoms with van der Waals surface area (Å²) >= 11 is 3.54. The van der Waals surface area contributed by atoms with Crippen LogP contribution in [0.2, 0.25) is 0 Å². The van der Waals surface area contributed by atoms with Crippen LogP contribution in [-0.4, -0.2) is 4.83 Å². The fraction of sp³-hybridized carbons (Fsp3) is 0.500. The van der Waals surface area contributed by atoms with Gasteiger partial charge in [-0.15, -0.1) is 0 Å². The van der Waals surface area contributed by atoms with E-state index in [1.165, 1.54) is 6.07 Å². The smallest absolute Gasteiger partial charge is 0.162 e. The van der Waals surface area contributed by atoms with Crippen LogP contribution in [0.5, 0.6) is 0 Å². The highest BCUT2D eigenvalue weighted by atomic mass is 79.9. The topological polar surface area (TPSA) is 0 Å². The van der Waals surface area contributed by atoms with E-state index in [1.54, 1.807) is 12.1 Å². The standard InChI is InChI=1S/C12H13BrF2/c1-12(6-5-8(13)7-12)9-3-2-4-10(14)11(9)15/h2-4,8H,5-7H2,1H3. The first-order chi connectivity index (χ1) is 7.03. The van der Waals surface area contributed by atoms with Crippen LogP contribution in [0.4, 0.5) is 8.78 Å². The maximum Gasteiger partial charge on any atom is 0.162 e. The molecule has 0 aliphatic heterocycles. The number of rotatable bonds is 1. The Kier molecular flexibility index (Phi) is 2.84. The van der Waals surface area contributed by atoms with E-state index in [0.717, 1.165) is 19.3 Å². The number of halogens is 3. The van der Waals surface area contributed by atoms with Crippen molar-refractivity contribution in [3.05, 3.63) is 35.4 Å². The third-order valence-corrected chi connectivity index (χ3v) is 4.06. The Balaban J connectivity index is 2.41. The largest absolute Gasteiger partial charge is 0.204 e. The van der Waals surface area contributed by atoms with Crippen LogP contribution in [0.3, 0.4) is 0 Å². The maximum absolute atomic E-state index is 13.6. The summed E-state index contributed by atoms with van der Waals surface area (Å²) in [6.07, 6.45) is 2.79. The van der Waals surface area contributed by atoms with Gasteiger partial charge in [-0.1, -0.05) is 35.0 Å². The van der Waals surface area contributed by atoms with Gasteiger partial charge in [-0.2, -0.15) is 0 Å². The second-order valence-corrected chi connectivity index (χ2v) is 5.80. The van der Waals surface area contributed by atoms with E-state index in [-0.39, 0.29) is 5.41 Å². The normalized spacial score (nSPS) is 30.8. The molecule has 1 aliphatic rings. The van der Waals surface area contributed by atoms with Crippen molar-refractivity contribution in [1.29, 1.82) is 0 Å². The predicted molar refractivity (Wildman–Crippen MR) is 60.3 cm³/mol. The summed E-state index contributed by atoms with van der Waals surface area (Å²) in [5.41, 5.74) is 0.296. The molecule has 3 heteroatoms. The Morgan fingerprint density at radius 1 is 1.40 bits per heavy atom. The summed E-state index contributed by atoms with van der Waals surface area (Å²) in [5, 5.41) is 0. The molecule has 2 atom stereocenters. The molecule has 0 heterocycles. The van der Waals surface area contributed by atoms with Gasteiger partial charge < -0.3 is 0 Å². The molecular weight excluding hydrogens is 262 g/mol. The summed E-state index contributed by atoms with van der Waals surface area (Å²) in [5.74, 6) is -1.42. The van der Waals surface area contributed by atoms with Gasteiger partial charge in [0.25, 0.3) is 0 Å². The van der Waals surface area contributed by atoms with Gasteiger partial charge in [-0.3, -0.25) is 0 Å². The molecule has 1 aromatic carbocycles. The summed E-state index contributed by atoms with van der Waals surface area (Å²) in [7, 11) is 0. The third kappa shape index (κ3) is 1.94. The molecule has 0 aromatic heterocycles. The van der Waals surface area contributed by atoms with Gasteiger partial charge in [0.05, 0.1) is 0 Å². The first-order valence-corrected chi connectivity index (χ1v) is 6.03. The molecule has 2 rings (SSSR count). The molecule has 2 unspecified atom stereocenters. The van der Waals surface area contributed by atoms with E-state index in [9.17, 15) is 8.78 Å². The number of benzene rings is 1. The number of hydrogen-bond acceptors (Lipinski definition) is 0. The molecule has 0 radical (unpaired) electrons. The van der Waals surface area contributed by atoms with Crippen LogP contribution in [0.25, 0.3) is 0 Å². The number of alkyl halides is 1. The van der Waals surface area contributed by atoms with Crippen molar-refractivity contribution in [2.45, 2.75) is 36.4 Å². The van der Waals surface area contributed by atoms with E-state index in [2.05, 4.69) is 15.9 Å². The van der Waals surface area contributed by atoms with E-state index in [0.29, 0.717) is 10.4 Å². The van der Waals surface area contributed by atoms with Crippen LogP contribution >= 0.6 is 15.9 Å². The summed E-state index contributed by atoms with van der Waals surface area (Å²) in [6, 6.07) is 4.45. The van der Waals surface area contributed by atoms with Crippen molar-refractivity contribution in [2.75, 3.05) is 0 Å². The quantitative estimate of drug-likeness (QED) is 0.675. The Morgan fingerprint density at radius 2 is 2.13 bits per heavy atom. The lowest BCUT2D eigenvalue weighted by molar-refractivity contribution is 0.430. The van der Waals surface area contributed by atoms with Crippen molar-refractivity contribution in [1.82, 2.24) is 0 Å². The molecule has 0 amide bonds. The molecule has 82 valence electrons. The molecule has 1 fully saturated rings. The highest BCUT2D eigenvalue weighted by molar-refractivity contribution is 9.09. The molecule has 1 aromatic rings. The summed E-state index contributed by atoms with van der Waals surface area (Å²) in [4.78, 5) is 0.421. The van der Waals surface area contributed by atoms with E-state index >= 15 is 0 Å². The lowest BCUT2D eigenvalue weighted by Crippen LogP contribution is -2.20. The molecule has 0 bridgehead atoms. The summed E-state index contributed by atoms with van der Waals surface area (Å²) < 4.78 is 26.7. The fourth-order valence-electron chi connectivity index (χ4n) is 2.38. The fourth-order valence-corrected chi connectivity index (χ4v) is 3.33. The minimum atomic E-state index is -0.744. The van der Waals surface area contributed by atoms with E-state index in [4.69, 9.17) is 0 Å². The molecule has 1 saturated carbocycles. The first-order valence-electron chi connectivity index (χ1n) is 5.11. The second kappa shape index (κ2) is 3.85. The SMILES string of the molecule is CC1(c2cccc(F)c2F)CCC(Br)C1. The van der Waals surface area contributed by atoms with Crippen LogP contribution in [0.1, 0.15) is 31.7 Å². The van der Waals surface area contributed by atoms with E-state index < -0.39 is 11.6 Å². The second-order valence-electron chi connectivity index (χ2n) is 4.50. The Hall–Kier alpha value is -0.440. The first kappa shape index (κ1) is 11.1. The Bertz CT molecular complexity index is 378. The lowest BCUT2D eigenvalue weighted by Gasteiger charge is -2.24. The van der Waals surface area contributed by atoms with Gasteiger partial charge in [0.2, 0.25) is 0 Å². The average Bonchev–Trinajstić information content (AvgIpc) is 2.52. The minimum absolute atomic E-state index is 0.222. The van der Waals surface area contributed by atoms with Crippen LogP contribution in [-0.2, 0) is 5.41 Å². The van der Waals surface area contributed by atoms with Crippen molar-refractivity contribution in [3.8, 4) is 0 Å². The van der Waals surface area contributed by atoms with Crippen molar-refractivity contribution < 1.29 is 8.78 Å². The molecule has 15 heavy (non-hydrogen) atoms. The zero-order chi connectivity index (χ0) is 11.1. The van der Waals surface area contributed by atoms with Crippen molar-refractivity contribution in [3.63, 3.8) is 0 Å². The Labute approximate surface area is 96.8 Å². The third-order valence-electron chi connectivity index (χ3n) is 3.28. The van der Waals surface area contributed by atoms with Gasteiger partial charge in [0.1, 0.15) is 0 Å². The van der Waals surface area contributed by atoms with Gasteiger partial charge in [0, 0.05) is 4.83 Å². The minimum Gasteiger partial charge on any atom is -0.204 e. The highest BCUT2D eigenvalue weighted by Crippen LogP contribution is 2.44. The van der Waals surface area contributed by atoms with Gasteiger partial charge in [-0.05, 0) is 36.3 Å². The maximum atomic E-state index is 13.6. The molecule has 1 aliphatic carbocycles. The highest BCUT2D eigenvalue weighted by Gasteiger charge is 2.37. The lowest BCUT2D eigenvalue weighted by atomic mass is 9.81. The van der Waals surface area contributed by atoms with Gasteiger partial charge >= 0.3 is 0 Å². The van der Waals surface area contributed by atoms with E-state index in [1.807, 2.05) is 6.92 Å². The molecule has 0 nitrogen and oxygen atoms in total. The number of hydrogen-bond donors (Lipinski definition) is 0. The molecule has 0 spiro atoms. The van der Waals surface area contributed by atoms with Crippen LogP contribution in [0.15, 0.2) is 18.2 Å². The summed E-state index contributed by atoms with van der Waals surface area (Å²) in [6.45, 7) is 2.01. The predicted octanol–water partition coefficient (Wildman–Crippen LogP) is 4.17. The average molecular weight is 275 g/mol. The molecular formula is C12H13BrF2. The van der Waals surface area contributed by atoms with Gasteiger partial charge in [-0.25, -0.2) is 8.78 Å².